The normalized spacial score (nSPS) is 26.9. The minimum absolute atomic E-state index is 0.0151. The largest absolute Gasteiger partial charge is 0.495 e. The van der Waals surface area contributed by atoms with Gasteiger partial charge in [0, 0.05) is 30.3 Å². The summed E-state index contributed by atoms with van der Waals surface area (Å²) in [5.74, 6) is -0.00500. The molecule has 3 saturated carbocycles. The van der Waals surface area contributed by atoms with E-state index in [2.05, 4.69) is 10.3 Å². The first-order valence-corrected chi connectivity index (χ1v) is 20.6. The lowest BCUT2D eigenvalue weighted by molar-refractivity contribution is -0.157. The van der Waals surface area contributed by atoms with Gasteiger partial charge in [-0.3, -0.25) is 19.2 Å². The van der Waals surface area contributed by atoms with Crippen LogP contribution in [0.25, 0.3) is 22.3 Å². The van der Waals surface area contributed by atoms with Gasteiger partial charge in [-0.15, -0.1) is 0 Å². The van der Waals surface area contributed by atoms with Crippen LogP contribution in [-0.4, -0.2) is 83.6 Å². The first-order chi connectivity index (χ1) is 27.0. The van der Waals surface area contributed by atoms with Crippen molar-refractivity contribution in [2.24, 2.45) is 34.5 Å². The quantitative estimate of drug-likeness (QED) is 0.150. The molecule has 13 nitrogen and oxygen atoms in total. The van der Waals surface area contributed by atoms with Crippen molar-refractivity contribution in [3.63, 3.8) is 0 Å². The average molecular weight is 807 g/mol. The molecule has 3 heterocycles. The number of hydrogen-bond donors (Lipinski definition) is 1. The summed E-state index contributed by atoms with van der Waals surface area (Å²) in [5, 5.41) is 4.02. The number of likely N-dealkylation sites (tertiary alicyclic amines) is 1. The molecule has 1 N–H and O–H groups in total. The molecule has 1 saturated heterocycles. The molecule has 57 heavy (non-hydrogen) atoms. The predicted molar refractivity (Wildman–Crippen MR) is 213 cm³/mol. The molecule has 308 valence electrons. The number of esters is 2. The van der Waals surface area contributed by atoms with Crippen molar-refractivity contribution in [2.45, 2.75) is 117 Å². The highest BCUT2D eigenvalue weighted by molar-refractivity contribution is 6.36. The van der Waals surface area contributed by atoms with Crippen molar-refractivity contribution in [1.82, 2.24) is 14.9 Å². The van der Waals surface area contributed by atoms with Crippen LogP contribution < -0.4 is 14.8 Å². The maximum atomic E-state index is 14.8. The van der Waals surface area contributed by atoms with Crippen LogP contribution in [0.5, 0.6) is 11.5 Å². The first-order valence-electron chi connectivity index (χ1n) is 20.2. The van der Waals surface area contributed by atoms with Crippen LogP contribution in [0.3, 0.4) is 0 Å². The molecule has 1 unspecified atom stereocenters. The Bertz CT molecular complexity index is 2030. The van der Waals surface area contributed by atoms with E-state index < -0.39 is 40.8 Å². The van der Waals surface area contributed by atoms with E-state index in [1.807, 2.05) is 41.5 Å². The minimum atomic E-state index is -0.920. The number of hydrogen-bond acceptors (Lipinski definition) is 12. The molecule has 0 bridgehead atoms. The Morgan fingerprint density at radius 3 is 2.39 bits per heavy atom. The van der Waals surface area contributed by atoms with E-state index in [1.54, 1.807) is 23.1 Å². The van der Waals surface area contributed by atoms with E-state index in [0.29, 0.717) is 58.1 Å². The summed E-state index contributed by atoms with van der Waals surface area (Å²) < 4.78 is 29.0. The van der Waals surface area contributed by atoms with Crippen LogP contribution >= 0.6 is 11.6 Å². The Labute approximate surface area is 338 Å². The average Bonchev–Trinajstić information content (AvgIpc) is 3.82. The van der Waals surface area contributed by atoms with E-state index in [1.165, 1.54) is 26.9 Å². The van der Waals surface area contributed by atoms with Crippen LogP contribution in [0.2, 0.25) is 5.02 Å². The molecule has 1 aliphatic heterocycles. The summed E-state index contributed by atoms with van der Waals surface area (Å²) in [4.78, 5) is 66.8. The standard InChI is InChI=1S/C43H55ClN4O9/c1-9-25-18-43(25,40(52)54-8)19-33(49)32-15-27(20-48(32)39(51)29(42(4,5)6)16-36(50)57-26-13-23-12-24(23)14-26)56-35-17-30(31-21-55-41(47-31)45-22(2)3)46-38-28(35)10-11-34(53-7)37(38)44/h10-11,17,21-27,29,32H,9,12-16,18-20H2,1-8H3,(H,45,47)/t23-,24+,25-,26?,27-,29-,32+,43-/m1/s1. The number of benzene rings is 1. The zero-order valence-corrected chi connectivity index (χ0v) is 34.9. The van der Waals surface area contributed by atoms with Gasteiger partial charge in [0.05, 0.1) is 55.8 Å². The van der Waals surface area contributed by atoms with Crippen LogP contribution in [0.4, 0.5) is 6.01 Å². The summed E-state index contributed by atoms with van der Waals surface area (Å²) in [6.07, 6.45) is 4.98. The fourth-order valence-electron chi connectivity index (χ4n) is 9.12. The number of pyridine rings is 1. The Morgan fingerprint density at radius 2 is 1.75 bits per heavy atom. The molecule has 7 rings (SSSR count). The van der Waals surface area contributed by atoms with Gasteiger partial charge in [0.25, 0.3) is 6.01 Å². The van der Waals surface area contributed by atoms with E-state index in [-0.39, 0.29) is 60.6 Å². The number of aromatic nitrogens is 2. The number of amides is 1. The summed E-state index contributed by atoms with van der Waals surface area (Å²) in [7, 11) is 2.86. The zero-order valence-electron chi connectivity index (χ0n) is 34.2. The molecule has 1 amide bonds. The molecule has 3 aliphatic carbocycles. The van der Waals surface area contributed by atoms with Crippen LogP contribution in [-0.2, 0) is 28.7 Å². The molecular formula is C43H55ClN4O9. The lowest BCUT2D eigenvalue weighted by Gasteiger charge is -2.35. The molecule has 8 atom stereocenters. The summed E-state index contributed by atoms with van der Waals surface area (Å²) >= 11 is 6.83. The molecule has 4 fully saturated rings. The molecule has 3 aromatic rings. The SMILES string of the molecule is CC[C@@H]1C[C@]1(CC(=O)[C@@H]1C[C@@H](Oc2cc(-c3coc(NC(C)C)n3)nc3c(Cl)c(OC)ccc23)CN1C(=O)[C@@H](CC(=O)OC1C[C@@H]2C[C@@H]2C1)C(C)(C)C)C(=O)OC. The zero-order chi connectivity index (χ0) is 41.0. The Morgan fingerprint density at radius 1 is 1.02 bits per heavy atom. The highest BCUT2D eigenvalue weighted by Gasteiger charge is 2.62. The number of carbonyl (C=O) groups excluding carboxylic acids is 4. The number of oxazole rings is 1. The number of rotatable bonds is 15. The number of carbonyl (C=O) groups is 4. The van der Waals surface area contributed by atoms with E-state index in [9.17, 15) is 19.2 Å². The summed E-state index contributed by atoms with van der Waals surface area (Å²) in [6, 6.07) is 4.78. The Hall–Kier alpha value is -4.39. The van der Waals surface area contributed by atoms with Gasteiger partial charge in [-0.05, 0) is 74.8 Å². The Balaban J connectivity index is 1.20. The monoisotopic (exact) mass is 806 g/mol. The topological polar surface area (TPSA) is 159 Å². The smallest absolute Gasteiger partial charge is 0.312 e. The maximum absolute atomic E-state index is 14.8. The van der Waals surface area contributed by atoms with Crippen molar-refractivity contribution in [3.8, 4) is 22.9 Å². The predicted octanol–water partition coefficient (Wildman–Crippen LogP) is 7.66. The number of nitrogens with one attached hydrogen (secondary N) is 1. The fraction of sp³-hybridized carbons (Fsp3) is 0.628. The number of ketones is 1. The third-order valence-corrected chi connectivity index (χ3v) is 12.8. The van der Waals surface area contributed by atoms with Crippen LogP contribution in [0, 0.1) is 34.5 Å². The lowest BCUT2D eigenvalue weighted by atomic mass is 9.77. The molecule has 14 heteroatoms. The van der Waals surface area contributed by atoms with Gasteiger partial charge in [0.2, 0.25) is 5.91 Å². The fourth-order valence-corrected chi connectivity index (χ4v) is 9.40. The molecule has 0 radical (unpaired) electrons. The van der Waals surface area contributed by atoms with Crippen molar-refractivity contribution in [2.75, 3.05) is 26.1 Å². The number of anilines is 1. The number of fused-ring (bicyclic) bond motifs is 2. The molecule has 2 aromatic heterocycles. The lowest BCUT2D eigenvalue weighted by Crippen LogP contribution is -2.48. The van der Waals surface area contributed by atoms with Crippen LogP contribution in [0.1, 0.15) is 92.9 Å². The van der Waals surface area contributed by atoms with E-state index in [4.69, 9.17) is 39.9 Å². The minimum Gasteiger partial charge on any atom is -0.495 e. The summed E-state index contributed by atoms with van der Waals surface area (Å²) in [6.45, 7) is 11.8. The van der Waals surface area contributed by atoms with Gasteiger partial charge in [0.1, 0.15) is 40.7 Å². The highest BCUT2D eigenvalue weighted by atomic mass is 35.5. The number of nitrogens with zero attached hydrogens (tertiary/aromatic N) is 3. The molecule has 4 aliphatic rings. The number of methoxy groups -OCH3 is 2. The maximum Gasteiger partial charge on any atom is 0.312 e. The third kappa shape index (κ3) is 8.31. The molecular weight excluding hydrogens is 752 g/mol. The van der Waals surface area contributed by atoms with E-state index in [0.717, 1.165) is 19.3 Å². The Kier molecular flexibility index (Phi) is 11.3. The van der Waals surface area contributed by atoms with Gasteiger partial charge in [-0.2, -0.15) is 4.98 Å². The van der Waals surface area contributed by atoms with Crippen molar-refractivity contribution in [1.29, 1.82) is 0 Å². The van der Waals surface area contributed by atoms with Gasteiger partial charge in [-0.1, -0.05) is 45.7 Å². The van der Waals surface area contributed by atoms with Crippen LogP contribution in [0.15, 0.2) is 28.9 Å². The molecule has 0 spiro atoms. The molecule has 1 aromatic carbocycles. The van der Waals surface area contributed by atoms with Gasteiger partial charge < -0.3 is 33.6 Å². The third-order valence-electron chi connectivity index (χ3n) is 12.5. The van der Waals surface area contributed by atoms with Gasteiger partial charge in [0.15, 0.2) is 5.78 Å². The van der Waals surface area contributed by atoms with Gasteiger partial charge in [-0.25, -0.2) is 4.98 Å². The second kappa shape index (κ2) is 15.8. The van der Waals surface area contributed by atoms with E-state index >= 15 is 0 Å². The second-order valence-electron chi connectivity index (χ2n) is 17.9. The highest BCUT2D eigenvalue weighted by Crippen LogP contribution is 2.58. The summed E-state index contributed by atoms with van der Waals surface area (Å²) in [5.41, 5.74) is -0.274. The number of halogens is 1. The second-order valence-corrected chi connectivity index (χ2v) is 18.2. The number of Topliss-reactive ketones (excluding diaryl/α,β-unsaturated/α-hetero) is 1. The first kappa shape index (κ1) is 40.8. The van der Waals surface area contributed by atoms with Gasteiger partial charge >= 0.3 is 11.9 Å². The van der Waals surface area contributed by atoms with Crippen molar-refractivity contribution < 1.29 is 42.5 Å². The van der Waals surface area contributed by atoms with Crippen molar-refractivity contribution in [3.05, 3.63) is 29.5 Å². The number of ether oxygens (including phenoxy) is 4. The van der Waals surface area contributed by atoms with Crippen molar-refractivity contribution >= 4 is 52.1 Å².